The Morgan fingerprint density at radius 1 is 1.18 bits per heavy atom. The van der Waals surface area contributed by atoms with Crippen molar-refractivity contribution in [2.75, 3.05) is 26.4 Å². The van der Waals surface area contributed by atoms with Gasteiger partial charge in [0, 0.05) is 18.8 Å². The van der Waals surface area contributed by atoms with Crippen molar-refractivity contribution in [2.24, 2.45) is 17.8 Å². The fourth-order valence-corrected chi connectivity index (χ4v) is 2.33. The van der Waals surface area contributed by atoms with Gasteiger partial charge >= 0.3 is 5.97 Å². The highest BCUT2D eigenvalue weighted by Gasteiger charge is 2.39. The van der Waals surface area contributed by atoms with Gasteiger partial charge in [0.2, 0.25) is 11.8 Å². The molecule has 6 nitrogen and oxygen atoms in total. The van der Waals surface area contributed by atoms with Gasteiger partial charge in [-0.15, -0.1) is 0 Å². The lowest BCUT2D eigenvalue weighted by Crippen LogP contribution is -2.34. The van der Waals surface area contributed by atoms with Gasteiger partial charge in [-0.1, -0.05) is 27.7 Å². The maximum absolute atomic E-state index is 12.0. The van der Waals surface area contributed by atoms with Gasteiger partial charge in [0.15, 0.2) is 0 Å². The van der Waals surface area contributed by atoms with Crippen molar-refractivity contribution >= 4 is 17.8 Å². The van der Waals surface area contributed by atoms with E-state index >= 15 is 0 Å². The molecule has 0 bridgehead atoms. The van der Waals surface area contributed by atoms with Crippen molar-refractivity contribution < 1.29 is 23.9 Å². The van der Waals surface area contributed by atoms with E-state index in [1.807, 2.05) is 27.7 Å². The van der Waals surface area contributed by atoms with Crippen molar-refractivity contribution in [1.29, 1.82) is 0 Å². The molecule has 1 fully saturated rings. The van der Waals surface area contributed by atoms with Crippen molar-refractivity contribution in [3.63, 3.8) is 0 Å². The van der Waals surface area contributed by atoms with Crippen LogP contribution in [-0.4, -0.2) is 49.0 Å². The largest absolute Gasteiger partial charge is 0.463 e. The molecule has 0 saturated carbocycles. The molecule has 1 saturated heterocycles. The molecule has 2 amide bonds. The van der Waals surface area contributed by atoms with Crippen LogP contribution in [-0.2, 0) is 23.9 Å². The zero-order chi connectivity index (χ0) is 16.7. The van der Waals surface area contributed by atoms with Gasteiger partial charge in [0.05, 0.1) is 19.8 Å². The minimum absolute atomic E-state index is 0.105. The van der Waals surface area contributed by atoms with Crippen molar-refractivity contribution in [3.05, 3.63) is 0 Å². The number of likely N-dealkylation sites (tertiary alicyclic amines) is 1. The first-order valence-corrected chi connectivity index (χ1v) is 7.90. The number of imide groups is 1. The molecule has 0 aromatic heterocycles. The molecule has 22 heavy (non-hydrogen) atoms. The molecule has 1 aliphatic heterocycles. The Labute approximate surface area is 132 Å². The maximum Gasteiger partial charge on any atom is 0.306 e. The molecule has 1 rings (SSSR count). The summed E-state index contributed by atoms with van der Waals surface area (Å²) in [6, 6.07) is 0. The van der Waals surface area contributed by atoms with E-state index in [0.717, 1.165) is 0 Å². The van der Waals surface area contributed by atoms with Gasteiger partial charge in [-0.3, -0.25) is 19.3 Å². The standard InChI is InChI=1S/C16H27NO5/c1-11(2)9-15(19)22-8-7-21-6-5-17-14(18)10-13(12(3)4)16(17)20/h11-13H,5-10H2,1-4H3. The van der Waals surface area contributed by atoms with Crippen LogP contribution in [0.25, 0.3) is 0 Å². The first-order valence-electron chi connectivity index (χ1n) is 7.90. The molecule has 0 radical (unpaired) electrons. The monoisotopic (exact) mass is 313 g/mol. The van der Waals surface area contributed by atoms with Crippen LogP contribution < -0.4 is 0 Å². The molecule has 0 spiro atoms. The number of rotatable bonds is 9. The number of carbonyl (C=O) groups is 3. The number of hydrogen-bond acceptors (Lipinski definition) is 5. The maximum atomic E-state index is 12.0. The smallest absolute Gasteiger partial charge is 0.306 e. The molecule has 1 aliphatic rings. The van der Waals surface area contributed by atoms with Gasteiger partial charge < -0.3 is 9.47 Å². The lowest BCUT2D eigenvalue weighted by molar-refractivity contribution is -0.146. The van der Waals surface area contributed by atoms with E-state index in [1.54, 1.807) is 0 Å². The second-order valence-corrected chi connectivity index (χ2v) is 6.37. The molecular weight excluding hydrogens is 286 g/mol. The van der Waals surface area contributed by atoms with Crippen LogP contribution in [0.4, 0.5) is 0 Å². The highest BCUT2D eigenvalue weighted by molar-refractivity contribution is 6.03. The Balaban J connectivity index is 2.16. The third kappa shape index (κ3) is 5.75. The second kappa shape index (κ2) is 8.88. The molecule has 0 aliphatic carbocycles. The fraction of sp³-hybridized carbons (Fsp3) is 0.812. The Kier molecular flexibility index (Phi) is 7.51. The zero-order valence-corrected chi connectivity index (χ0v) is 14.0. The van der Waals surface area contributed by atoms with Crippen LogP contribution in [0.3, 0.4) is 0 Å². The highest BCUT2D eigenvalue weighted by atomic mass is 16.6. The lowest BCUT2D eigenvalue weighted by atomic mass is 9.94. The average molecular weight is 313 g/mol. The minimum atomic E-state index is -0.233. The van der Waals surface area contributed by atoms with Crippen LogP contribution in [0.1, 0.15) is 40.5 Å². The number of ether oxygens (including phenoxy) is 2. The lowest BCUT2D eigenvalue weighted by Gasteiger charge is -2.16. The quantitative estimate of drug-likeness (QED) is 0.367. The Morgan fingerprint density at radius 2 is 1.86 bits per heavy atom. The van der Waals surface area contributed by atoms with Gasteiger partial charge in [-0.2, -0.15) is 0 Å². The first kappa shape index (κ1) is 18.6. The predicted octanol–water partition coefficient (Wildman–Crippen LogP) is 1.62. The van der Waals surface area contributed by atoms with Crippen LogP contribution in [0, 0.1) is 17.8 Å². The molecule has 0 aromatic rings. The SMILES string of the molecule is CC(C)CC(=O)OCCOCCN1C(=O)CC(C(C)C)C1=O. The molecule has 1 unspecified atom stereocenters. The van der Waals surface area contributed by atoms with E-state index in [4.69, 9.17) is 9.47 Å². The first-order chi connectivity index (χ1) is 10.3. The molecule has 6 heteroatoms. The van der Waals surface area contributed by atoms with Crippen molar-refractivity contribution in [3.8, 4) is 0 Å². The van der Waals surface area contributed by atoms with E-state index < -0.39 is 0 Å². The zero-order valence-electron chi connectivity index (χ0n) is 14.0. The summed E-state index contributed by atoms with van der Waals surface area (Å²) in [4.78, 5) is 36.4. The summed E-state index contributed by atoms with van der Waals surface area (Å²) >= 11 is 0. The highest BCUT2D eigenvalue weighted by Crippen LogP contribution is 2.25. The van der Waals surface area contributed by atoms with E-state index in [1.165, 1.54) is 4.90 Å². The van der Waals surface area contributed by atoms with Gasteiger partial charge in [0.25, 0.3) is 0 Å². The normalized spacial score (nSPS) is 18.6. The molecule has 0 N–H and O–H groups in total. The number of hydrogen-bond donors (Lipinski definition) is 0. The van der Waals surface area contributed by atoms with E-state index in [9.17, 15) is 14.4 Å². The van der Waals surface area contributed by atoms with Gasteiger partial charge in [0.1, 0.15) is 6.61 Å². The summed E-state index contributed by atoms with van der Waals surface area (Å²) < 4.78 is 10.3. The Morgan fingerprint density at radius 3 is 2.41 bits per heavy atom. The predicted molar refractivity (Wildman–Crippen MR) is 80.9 cm³/mol. The third-order valence-electron chi connectivity index (χ3n) is 3.61. The average Bonchev–Trinajstić information content (AvgIpc) is 2.69. The minimum Gasteiger partial charge on any atom is -0.463 e. The Bertz CT molecular complexity index is 405. The molecular formula is C16H27NO5. The van der Waals surface area contributed by atoms with Crippen LogP contribution in [0.2, 0.25) is 0 Å². The van der Waals surface area contributed by atoms with Crippen molar-refractivity contribution in [1.82, 2.24) is 4.90 Å². The van der Waals surface area contributed by atoms with Crippen LogP contribution in [0.5, 0.6) is 0 Å². The summed E-state index contributed by atoms with van der Waals surface area (Å²) in [5, 5.41) is 0. The van der Waals surface area contributed by atoms with E-state index in [0.29, 0.717) is 12.8 Å². The van der Waals surface area contributed by atoms with E-state index in [-0.39, 0.29) is 61.9 Å². The Hall–Kier alpha value is -1.43. The van der Waals surface area contributed by atoms with Gasteiger partial charge in [-0.25, -0.2) is 0 Å². The molecule has 0 aromatic carbocycles. The number of nitrogens with zero attached hydrogens (tertiary/aromatic N) is 1. The topological polar surface area (TPSA) is 72.9 Å². The number of esters is 1. The van der Waals surface area contributed by atoms with Crippen LogP contribution in [0.15, 0.2) is 0 Å². The fourth-order valence-electron chi connectivity index (χ4n) is 2.33. The summed E-state index contributed by atoms with van der Waals surface area (Å²) in [5.41, 5.74) is 0. The summed E-state index contributed by atoms with van der Waals surface area (Å²) in [6.45, 7) is 8.79. The molecule has 1 heterocycles. The number of amides is 2. The summed E-state index contributed by atoms with van der Waals surface area (Å²) in [5.74, 6) is -0.229. The van der Waals surface area contributed by atoms with E-state index in [2.05, 4.69) is 0 Å². The second-order valence-electron chi connectivity index (χ2n) is 6.37. The summed E-state index contributed by atoms with van der Waals surface area (Å²) in [6.07, 6.45) is 0.691. The van der Waals surface area contributed by atoms with Gasteiger partial charge in [-0.05, 0) is 11.8 Å². The molecule has 126 valence electrons. The third-order valence-corrected chi connectivity index (χ3v) is 3.61. The molecule has 1 atom stereocenters. The van der Waals surface area contributed by atoms with Crippen LogP contribution >= 0.6 is 0 Å². The van der Waals surface area contributed by atoms with Crippen molar-refractivity contribution in [2.45, 2.75) is 40.5 Å². The number of carbonyl (C=O) groups excluding carboxylic acids is 3. The summed E-state index contributed by atoms with van der Waals surface area (Å²) in [7, 11) is 0.